The Balaban J connectivity index is 1.54. The molecule has 3 amide bonds. The maximum atomic E-state index is 12.6. The first-order valence-electron chi connectivity index (χ1n) is 8.78. The summed E-state index contributed by atoms with van der Waals surface area (Å²) in [7, 11) is 1.60. The van der Waals surface area contributed by atoms with Crippen LogP contribution in [0.15, 0.2) is 48.5 Å². The number of carbonyl (C=O) groups is 3. The number of ether oxygens (including phenoxy) is 1. The van der Waals surface area contributed by atoms with Crippen molar-refractivity contribution in [1.29, 1.82) is 0 Å². The van der Waals surface area contributed by atoms with E-state index < -0.39 is 17.9 Å². The van der Waals surface area contributed by atoms with E-state index in [1.54, 1.807) is 43.4 Å². The molecule has 0 aliphatic carbocycles. The van der Waals surface area contributed by atoms with Gasteiger partial charge in [-0.1, -0.05) is 35.9 Å². The van der Waals surface area contributed by atoms with Crippen molar-refractivity contribution in [3.8, 4) is 5.75 Å². The molecule has 2 aromatic rings. The number of likely N-dealkylation sites (N-methyl/N-ethyl adjacent to an activating group) is 1. The zero-order valence-electron chi connectivity index (χ0n) is 15.3. The molecule has 146 valence electrons. The molecule has 1 aliphatic rings. The fourth-order valence-electron chi connectivity index (χ4n) is 2.87. The lowest BCUT2D eigenvalue weighted by molar-refractivity contribution is -0.140. The van der Waals surface area contributed by atoms with Crippen molar-refractivity contribution in [2.45, 2.75) is 12.5 Å². The SMILES string of the molecule is CN1C(=O)[C@@H](NC(=O)C(=O)NCCc2cccc(Cl)c2)COc2ccccc21. The minimum Gasteiger partial charge on any atom is -0.489 e. The number of hydrogen-bond acceptors (Lipinski definition) is 4. The van der Waals surface area contributed by atoms with Crippen molar-refractivity contribution >= 4 is 35.0 Å². The predicted octanol–water partition coefficient (Wildman–Crippen LogP) is 1.54. The van der Waals surface area contributed by atoms with Crippen LogP contribution >= 0.6 is 11.6 Å². The van der Waals surface area contributed by atoms with Crippen molar-refractivity contribution in [1.82, 2.24) is 10.6 Å². The van der Waals surface area contributed by atoms with E-state index in [0.717, 1.165) is 5.56 Å². The summed E-state index contributed by atoms with van der Waals surface area (Å²) in [6.07, 6.45) is 0.531. The normalized spacial score (nSPS) is 15.9. The first kappa shape index (κ1) is 19.7. The monoisotopic (exact) mass is 401 g/mol. The topological polar surface area (TPSA) is 87.7 Å². The van der Waals surface area contributed by atoms with E-state index in [1.165, 1.54) is 4.90 Å². The fourth-order valence-corrected chi connectivity index (χ4v) is 3.09. The molecule has 1 heterocycles. The molecule has 1 atom stereocenters. The second-order valence-corrected chi connectivity index (χ2v) is 6.77. The number of benzene rings is 2. The molecule has 2 aromatic carbocycles. The van der Waals surface area contributed by atoms with Crippen LogP contribution in [0.1, 0.15) is 5.56 Å². The average molecular weight is 402 g/mol. The quantitative estimate of drug-likeness (QED) is 0.761. The maximum absolute atomic E-state index is 12.6. The van der Waals surface area contributed by atoms with Crippen molar-refractivity contribution in [2.24, 2.45) is 0 Å². The third-order valence-electron chi connectivity index (χ3n) is 4.36. The van der Waals surface area contributed by atoms with Crippen molar-refractivity contribution in [2.75, 3.05) is 25.1 Å². The summed E-state index contributed by atoms with van der Waals surface area (Å²) in [6, 6.07) is 13.4. The first-order valence-corrected chi connectivity index (χ1v) is 9.16. The number of nitrogens with zero attached hydrogens (tertiary/aromatic N) is 1. The Morgan fingerprint density at radius 2 is 1.96 bits per heavy atom. The number of hydrogen-bond donors (Lipinski definition) is 2. The average Bonchev–Trinajstić information content (AvgIpc) is 2.80. The van der Waals surface area contributed by atoms with E-state index >= 15 is 0 Å². The number of anilines is 1. The van der Waals surface area contributed by atoms with E-state index in [2.05, 4.69) is 10.6 Å². The second-order valence-electron chi connectivity index (χ2n) is 6.34. The van der Waals surface area contributed by atoms with Crippen LogP contribution in [0.3, 0.4) is 0 Å². The Bertz CT molecular complexity index is 903. The summed E-state index contributed by atoms with van der Waals surface area (Å²) in [5, 5.41) is 5.59. The van der Waals surface area contributed by atoms with Gasteiger partial charge in [-0.3, -0.25) is 14.4 Å². The number of nitrogens with one attached hydrogen (secondary N) is 2. The lowest BCUT2D eigenvalue weighted by Crippen LogP contribution is -2.53. The lowest BCUT2D eigenvalue weighted by Gasteiger charge is -2.20. The largest absolute Gasteiger partial charge is 0.489 e. The number of halogens is 1. The van der Waals surface area contributed by atoms with Gasteiger partial charge in [0.25, 0.3) is 5.91 Å². The van der Waals surface area contributed by atoms with Gasteiger partial charge < -0.3 is 20.3 Å². The minimum absolute atomic E-state index is 0.0538. The maximum Gasteiger partial charge on any atom is 0.310 e. The molecule has 0 radical (unpaired) electrons. The third-order valence-corrected chi connectivity index (χ3v) is 4.60. The predicted molar refractivity (Wildman–Crippen MR) is 105 cm³/mol. The zero-order valence-corrected chi connectivity index (χ0v) is 16.0. The molecule has 0 saturated heterocycles. The Hall–Kier alpha value is -3.06. The molecule has 28 heavy (non-hydrogen) atoms. The van der Waals surface area contributed by atoms with Crippen LogP contribution in [0.4, 0.5) is 5.69 Å². The molecule has 0 fully saturated rings. The van der Waals surface area contributed by atoms with E-state index in [-0.39, 0.29) is 19.1 Å². The van der Waals surface area contributed by atoms with Crippen LogP contribution in [-0.2, 0) is 20.8 Å². The fraction of sp³-hybridized carbons (Fsp3) is 0.250. The van der Waals surface area contributed by atoms with Gasteiger partial charge in [0.1, 0.15) is 18.4 Å². The highest BCUT2D eigenvalue weighted by Gasteiger charge is 2.31. The van der Waals surface area contributed by atoms with Gasteiger partial charge >= 0.3 is 11.8 Å². The van der Waals surface area contributed by atoms with Gasteiger partial charge in [-0.25, -0.2) is 0 Å². The van der Waals surface area contributed by atoms with E-state index in [9.17, 15) is 14.4 Å². The smallest absolute Gasteiger partial charge is 0.310 e. The van der Waals surface area contributed by atoms with E-state index in [0.29, 0.717) is 22.9 Å². The Kier molecular flexibility index (Phi) is 6.16. The van der Waals surface area contributed by atoms with Gasteiger partial charge in [-0.15, -0.1) is 0 Å². The summed E-state index contributed by atoms with van der Waals surface area (Å²) in [5.41, 5.74) is 1.55. The molecule has 8 heteroatoms. The highest BCUT2D eigenvalue weighted by atomic mass is 35.5. The second kappa shape index (κ2) is 8.75. The summed E-state index contributed by atoms with van der Waals surface area (Å²) >= 11 is 5.92. The number of amides is 3. The highest BCUT2D eigenvalue weighted by molar-refractivity contribution is 6.35. The molecular weight excluding hydrogens is 382 g/mol. The Morgan fingerprint density at radius 1 is 1.18 bits per heavy atom. The molecule has 0 spiro atoms. The number of rotatable bonds is 4. The Labute approximate surface area is 167 Å². The highest BCUT2D eigenvalue weighted by Crippen LogP contribution is 2.29. The van der Waals surface area contributed by atoms with Crippen molar-refractivity contribution < 1.29 is 19.1 Å². The van der Waals surface area contributed by atoms with Gasteiger partial charge in [0.2, 0.25) is 0 Å². The number of para-hydroxylation sites is 2. The molecule has 0 bridgehead atoms. The molecule has 1 aliphatic heterocycles. The molecule has 0 saturated carbocycles. The van der Waals surface area contributed by atoms with Crippen LogP contribution < -0.4 is 20.3 Å². The number of carbonyl (C=O) groups excluding carboxylic acids is 3. The van der Waals surface area contributed by atoms with Gasteiger partial charge in [0.15, 0.2) is 0 Å². The molecule has 0 unspecified atom stereocenters. The van der Waals surface area contributed by atoms with Crippen molar-refractivity contribution in [3.05, 3.63) is 59.1 Å². The van der Waals surface area contributed by atoms with Gasteiger partial charge in [-0.05, 0) is 36.2 Å². The van der Waals surface area contributed by atoms with Crippen LogP contribution in [-0.4, -0.2) is 44.0 Å². The zero-order chi connectivity index (χ0) is 20.1. The van der Waals surface area contributed by atoms with Gasteiger partial charge in [-0.2, -0.15) is 0 Å². The van der Waals surface area contributed by atoms with Crippen molar-refractivity contribution in [3.63, 3.8) is 0 Å². The molecule has 0 aromatic heterocycles. The van der Waals surface area contributed by atoms with Crippen LogP contribution in [0.2, 0.25) is 5.02 Å². The molecule has 3 rings (SSSR count). The first-order chi connectivity index (χ1) is 13.5. The van der Waals surface area contributed by atoms with Crippen LogP contribution in [0.25, 0.3) is 0 Å². The summed E-state index contributed by atoms with van der Waals surface area (Å²) < 4.78 is 5.61. The Morgan fingerprint density at radius 3 is 2.75 bits per heavy atom. The van der Waals surface area contributed by atoms with Crippen LogP contribution in [0.5, 0.6) is 5.75 Å². The van der Waals surface area contributed by atoms with E-state index in [4.69, 9.17) is 16.3 Å². The standard InChI is InChI=1S/C20H20ClN3O4/c1-24-16-7-2-3-8-17(16)28-12-15(20(24)27)23-19(26)18(25)22-10-9-13-5-4-6-14(21)11-13/h2-8,11,15H,9-10,12H2,1H3,(H,22,25)(H,23,26)/t15-/m0/s1. The molecule has 2 N–H and O–H groups in total. The number of fused-ring (bicyclic) bond motifs is 1. The van der Waals surface area contributed by atoms with Crippen LogP contribution in [0, 0.1) is 0 Å². The van der Waals surface area contributed by atoms with Gasteiger partial charge in [0.05, 0.1) is 5.69 Å². The molecule has 7 nitrogen and oxygen atoms in total. The summed E-state index contributed by atoms with van der Waals surface area (Å²) in [5.74, 6) is -1.50. The lowest BCUT2D eigenvalue weighted by atomic mass is 10.1. The third kappa shape index (κ3) is 4.61. The van der Waals surface area contributed by atoms with Gasteiger partial charge in [0, 0.05) is 18.6 Å². The summed E-state index contributed by atoms with van der Waals surface area (Å²) in [6.45, 7) is 0.217. The summed E-state index contributed by atoms with van der Waals surface area (Å²) in [4.78, 5) is 38.2. The van der Waals surface area contributed by atoms with E-state index in [1.807, 2.05) is 12.1 Å². The molecular formula is C20H20ClN3O4. The minimum atomic E-state index is -0.955.